The molecule has 0 aliphatic rings. The fourth-order valence-electron chi connectivity index (χ4n) is 3.55. The number of ether oxygens (including phenoxy) is 1. The lowest BCUT2D eigenvalue weighted by atomic mass is 10.1. The standard InChI is InChI=1S/C22H34N6O9S/c1-11-8-16(37-4)12(2)13(3)19(11)38(35,36)28-14(6-5-7-25-22(23)24)20(32)26-10-17(29)27-15(21(33)34)9-18(30)31/h8,14-15,28H,5-7,9-10H2,1-4H3,(H,26,32)(H,27,29)(H,30,31)(H,33,34)(H4,23,24,25)/t14-,15-/m0/s1. The molecule has 0 bridgehead atoms. The molecule has 0 aromatic heterocycles. The van der Waals surface area contributed by atoms with Crippen LogP contribution in [0.3, 0.4) is 0 Å². The van der Waals surface area contributed by atoms with Gasteiger partial charge in [0.15, 0.2) is 5.96 Å². The molecular formula is C22H34N6O9S. The Hall–Kier alpha value is -3.92. The van der Waals surface area contributed by atoms with Crippen LogP contribution in [0.4, 0.5) is 0 Å². The first-order valence-electron chi connectivity index (χ1n) is 11.3. The van der Waals surface area contributed by atoms with Gasteiger partial charge in [0.25, 0.3) is 0 Å². The van der Waals surface area contributed by atoms with Crippen LogP contribution in [-0.4, -0.2) is 80.6 Å². The molecule has 212 valence electrons. The predicted molar refractivity (Wildman–Crippen MR) is 136 cm³/mol. The monoisotopic (exact) mass is 558 g/mol. The Morgan fingerprint density at radius 2 is 1.71 bits per heavy atom. The van der Waals surface area contributed by atoms with Crippen molar-refractivity contribution in [3.05, 3.63) is 22.8 Å². The normalized spacial score (nSPS) is 12.6. The van der Waals surface area contributed by atoms with E-state index in [9.17, 15) is 27.6 Å². The van der Waals surface area contributed by atoms with E-state index in [1.165, 1.54) is 7.11 Å². The Balaban J connectivity index is 3.12. The van der Waals surface area contributed by atoms with Gasteiger partial charge in [0.1, 0.15) is 17.8 Å². The predicted octanol–water partition coefficient (Wildman–Crippen LogP) is -1.52. The van der Waals surface area contributed by atoms with E-state index in [1.54, 1.807) is 26.8 Å². The van der Waals surface area contributed by atoms with Gasteiger partial charge in [-0.25, -0.2) is 13.2 Å². The molecule has 0 aliphatic carbocycles. The maximum absolute atomic E-state index is 13.3. The van der Waals surface area contributed by atoms with Crippen LogP contribution in [0.2, 0.25) is 0 Å². The van der Waals surface area contributed by atoms with E-state index in [1.807, 2.05) is 5.32 Å². The Kier molecular flexibility index (Phi) is 11.9. The number of carbonyl (C=O) groups excluding carboxylic acids is 2. The van der Waals surface area contributed by atoms with E-state index < -0.39 is 58.8 Å². The zero-order valence-corrected chi connectivity index (χ0v) is 22.3. The summed E-state index contributed by atoms with van der Waals surface area (Å²) in [7, 11) is -2.78. The number of hydrogen-bond donors (Lipinski definition) is 7. The minimum Gasteiger partial charge on any atom is -0.496 e. The smallest absolute Gasteiger partial charge is 0.326 e. The van der Waals surface area contributed by atoms with Crippen molar-refractivity contribution in [3.8, 4) is 5.75 Å². The number of benzene rings is 1. The molecule has 9 N–H and O–H groups in total. The van der Waals surface area contributed by atoms with Crippen LogP contribution in [0.15, 0.2) is 16.0 Å². The number of guanidine groups is 1. The molecular weight excluding hydrogens is 524 g/mol. The van der Waals surface area contributed by atoms with Crippen molar-refractivity contribution in [2.75, 3.05) is 20.2 Å². The highest BCUT2D eigenvalue weighted by Crippen LogP contribution is 2.30. The molecule has 0 saturated heterocycles. The van der Waals surface area contributed by atoms with Crippen LogP contribution >= 0.6 is 0 Å². The summed E-state index contributed by atoms with van der Waals surface area (Å²) < 4.78 is 34.3. The van der Waals surface area contributed by atoms with E-state index in [0.29, 0.717) is 22.4 Å². The first kappa shape index (κ1) is 32.1. The molecule has 1 aromatic carbocycles. The third-order valence-electron chi connectivity index (χ3n) is 5.46. The number of carbonyl (C=O) groups is 4. The number of methoxy groups -OCH3 is 1. The average molecular weight is 559 g/mol. The molecule has 1 rings (SSSR count). The maximum Gasteiger partial charge on any atom is 0.326 e. The second-order valence-electron chi connectivity index (χ2n) is 8.37. The third-order valence-corrected chi connectivity index (χ3v) is 7.22. The highest BCUT2D eigenvalue weighted by molar-refractivity contribution is 7.89. The molecule has 0 saturated carbocycles. The van der Waals surface area contributed by atoms with Gasteiger partial charge in [-0.05, 0) is 56.4 Å². The van der Waals surface area contributed by atoms with E-state index >= 15 is 0 Å². The van der Waals surface area contributed by atoms with Crippen molar-refractivity contribution in [3.63, 3.8) is 0 Å². The van der Waals surface area contributed by atoms with Crippen molar-refractivity contribution < 1.29 is 42.5 Å². The lowest BCUT2D eigenvalue weighted by Crippen LogP contribution is -2.51. The quantitative estimate of drug-likeness (QED) is 0.0739. The summed E-state index contributed by atoms with van der Waals surface area (Å²) in [5.41, 5.74) is 12.0. The van der Waals surface area contributed by atoms with E-state index in [4.69, 9.17) is 26.4 Å². The fourth-order valence-corrected chi connectivity index (χ4v) is 5.31. The molecule has 2 atom stereocenters. The molecule has 38 heavy (non-hydrogen) atoms. The number of carboxylic acids is 2. The topological polar surface area (TPSA) is 253 Å². The number of sulfonamides is 1. The molecule has 16 heteroatoms. The highest BCUT2D eigenvalue weighted by atomic mass is 32.2. The zero-order chi connectivity index (χ0) is 29.2. The van der Waals surface area contributed by atoms with Gasteiger partial charge >= 0.3 is 11.9 Å². The number of rotatable bonds is 15. The minimum atomic E-state index is -4.24. The van der Waals surface area contributed by atoms with Gasteiger partial charge in [-0.3, -0.25) is 19.4 Å². The van der Waals surface area contributed by atoms with Crippen molar-refractivity contribution in [1.29, 1.82) is 0 Å². The molecule has 2 amide bonds. The Morgan fingerprint density at radius 1 is 1.08 bits per heavy atom. The Bertz CT molecular complexity index is 1200. The lowest BCUT2D eigenvalue weighted by Gasteiger charge is -2.21. The second kappa shape index (κ2) is 14.1. The third kappa shape index (κ3) is 9.51. The number of aliphatic carboxylic acids is 2. The summed E-state index contributed by atoms with van der Waals surface area (Å²) in [6.07, 6.45) is -0.723. The number of amides is 2. The summed E-state index contributed by atoms with van der Waals surface area (Å²) in [5.74, 6) is -4.56. The van der Waals surface area contributed by atoms with Crippen molar-refractivity contribution >= 4 is 39.7 Å². The molecule has 15 nitrogen and oxygen atoms in total. The first-order valence-corrected chi connectivity index (χ1v) is 12.8. The molecule has 1 aromatic rings. The summed E-state index contributed by atoms with van der Waals surface area (Å²) in [4.78, 5) is 50.7. The van der Waals surface area contributed by atoms with Gasteiger partial charge in [0, 0.05) is 6.54 Å². The molecule has 0 heterocycles. The lowest BCUT2D eigenvalue weighted by molar-refractivity contribution is -0.147. The number of nitrogens with one attached hydrogen (secondary N) is 3. The van der Waals surface area contributed by atoms with Crippen molar-refractivity contribution in [2.24, 2.45) is 16.5 Å². The van der Waals surface area contributed by atoms with Gasteiger partial charge in [0.2, 0.25) is 21.8 Å². The molecule has 0 unspecified atom stereocenters. The highest BCUT2D eigenvalue weighted by Gasteiger charge is 2.30. The van der Waals surface area contributed by atoms with E-state index in [2.05, 4.69) is 15.0 Å². The molecule has 0 fully saturated rings. The SMILES string of the molecule is COc1cc(C)c(S(=O)(=O)N[C@@H](CCCN=C(N)N)C(=O)NCC(=O)N[C@@H](CC(=O)O)C(=O)O)c(C)c1C. The molecule has 0 aliphatic heterocycles. The average Bonchev–Trinajstić information content (AvgIpc) is 2.80. The van der Waals surface area contributed by atoms with Crippen LogP contribution in [0.1, 0.15) is 36.0 Å². The van der Waals surface area contributed by atoms with Gasteiger partial charge < -0.3 is 37.1 Å². The Labute approximate surface area is 220 Å². The fraction of sp³-hybridized carbons (Fsp3) is 0.500. The van der Waals surface area contributed by atoms with Gasteiger partial charge in [-0.15, -0.1) is 0 Å². The number of aryl methyl sites for hydroxylation is 1. The largest absolute Gasteiger partial charge is 0.496 e. The van der Waals surface area contributed by atoms with Gasteiger partial charge in [-0.1, -0.05) is 0 Å². The summed E-state index contributed by atoms with van der Waals surface area (Å²) >= 11 is 0. The van der Waals surface area contributed by atoms with Crippen LogP contribution < -0.4 is 31.6 Å². The van der Waals surface area contributed by atoms with E-state index in [0.717, 1.165) is 0 Å². The molecule has 0 radical (unpaired) electrons. The summed E-state index contributed by atoms with van der Waals surface area (Å²) in [5, 5.41) is 22.1. The van der Waals surface area contributed by atoms with Crippen LogP contribution in [0, 0.1) is 20.8 Å². The number of hydrogen-bond acceptors (Lipinski definition) is 8. The van der Waals surface area contributed by atoms with Crippen LogP contribution in [0.5, 0.6) is 5.75 Å². The zero-order valence-electron chi connectivity index (χ0n) is 21.5. The summed E-state index contributed by atoms with van der Waals surface area (Å²) in [6, 6.07) is -1.50. The number of carboxylic acid groups (broad SMARTS) is 2. The number of nitrogens with zero attached hydrogens (tertiary/aromatic N) is 1. The maximum atomic E-state index is 13.3. The van der Waals surface area contributed by atoms with Crippen LogP contribution in [-0.2, 0) is 29.2 Å². The van der Waals surface area contributed by atoms with Crippen molar-refractivity contribution in [2.45, 2.75) is 57.0 Å². The van der Waals surface area contributed by atoms with Crippen molar-refractivity contribution in [1.82, 2.24) is 15.4 Å². The van der Waals surface area contributed by atoms with Gasteiger partial charge in [0.05, 0.1) is 25.0 Å². The minimum absolute atomic E-state index is 0.0338. The first-order chi connectivity index (χ1) is 17.6. The Morgan fingerprint density at radius 3 is 2.24 bits per heavy atom. The van der Waals surface area contributed by atoms with Gasteiger partial charge in [-0.2, -0.15) is 4.72 Å². The molecule has 0 spiro atoms. The number of nitrogens with two attached hydrogens (primary N) is 2. The summed E-state index contributed by atoms with van der Waals surface area (Å²) in [6.45, 7) is 4.25. The van der Waals surface area contributed by atoms with E-state index in [-0.39, 0.29) is 30.2 Å². The van der Waals surface area contributed by atoms with Crippen LogP contribution in [0.25, 0.3) is 0 Å². The second-order valence-corrected chi connectivity index (χ2v) is 10.0. The number of aliphatic imine (C=N–C) groups is 1.